The van der Waals surface area contributed by atoms with Gasteiger partial charge in [-0.15, -0.1) is 0 Å². The van der Waals surface area contributed by atoms with E-state index in [1.807, 2.05) is 0 Å². The number of carbonyl (C=O) groups excluding carboxylic acids is 1. The summed E-state index contributed by atoms with van der Waals surface area (Å²) in [7, 11) is 0. The third kappa shape index (κ3) is 10.7. The van der Waals surface area contributed by atoms with Crippen molar-refractivity contribution in [2.24, 2.45) is 11.8 Å². The Kier molecular flexibility index (Phi) is 11.5. The largest absolute Gasteiger partial charge is 0.481 e. The molecule has 0 aromatic rings. The van der Waals surface area contributed by atoms with Gasteiger partial charge in [0.2, 0.25) is 5.91 Å². The highest BCUT2D eigenvalue weighted by Crippen LogP contribution is 2.38. The molecule has 1 saturated carbocycles. The zero-order valence-electron chi connectivity index (χ0n) is 18.4. The van der Waals surface area contributed by atoms with E-state index in [2.05, 4.69) is 51.2 Å². The molecule has 6 nitrogen and oxygen atoms in total. The molecule has 0 aromatic heterocycles. The van der Waals surface area contributed by atoms with Gasteiger partial charge in [-0.3, -0.25) is 9.59 Å². The van der Waals surface area contributed by atoms with Gasteiger partial charge in [-0.05, 0) is 59.8 Å². The molecular weight excluding hydrogens is 402 g/mol. The van der Waals surface area contributed by atoms with E-state index in [1.54, 1.807) is 0 Å². The summed E-state index contributed by atoms with van der Waals surface area (Å²) in [4.78, 5) is 34.2. The summed E-state index contributed by atoms with van der Waals surface area (Å²) in [5.74, 6) is -2.94. The summed E-state index contributed by atoms with van der Waals surface area (Å²) in [6.07, 6.45) is 11.0. The highest BCUT2D eigenvalue weighted by atomic mass is 32.2. The van der Waals surface area contributed by atoms with E-state index < -0.39 is 35.7 Å². The molecule has 30 heavy (non-hydrogen) atoms. The van der Waals surface area contributed by atoms with Crippen molar-refractivity contribution in [2.75, 3.05) is 11.5 Å². The molecular formula is C23H35NO5S. The normalized spacial score (nSPS) is 19.7. The van der Waals surface area contributed by atoms with Gasteiger partial charge in [0, 0.05) is 11.5 Å². The van der Waals surface area contributed by atoms with E-state index in [0.29, 0.717) is 5.75 Å². The summed E-state index contributed by atoms with van der Waals surface area (Å²) < 4.78 is 0. The number of allylic oxidation sites excluding steroid dienone is 5. The van der Waals surface area contributed by atoms with Gasteiger partial charge in [0.1, 0.15) is 6.04 Å². The van der Waals surface area contributed by atoms with Crippen LogP contribution in [0.3, 0.4) is 0 Å². The summed E-state index contributed by atoms with van der Waals surface area (Å²) in [5, 5.41) is 20.6. The maximum Gasteiger partial charge on any atom is 0.327 e. The molecule has 7 heteroatoms. The molecule has 3 atom stereocenters. The first-order valence-electron chi connectivity index (χ1n) is 10.4. The number of nitrogens with one attached hydrogen (secondary N) is 1. The fourth-order valence-corrected chi connectivity index (χ4v) is 3.94. The van der Waals surface area contributed by atoms with Crippen molar-refractivity contribution in [3.63, 3.8) is 0 Å². The number of hydrogen-bond donors (Lipinski definition) is 3. The molecule has 168 valence electrons. The molecule has 1 aliphatic rings. The lowest BCUT2D eigenvalue weighted by molar-refractivity contribution is -0.142. The molecule has 1 aliphatic carbocycles. The molecule has 1 fully saturated rings. The van der Waals surface area contributed by atoms with Crippen molar-refractivity contribution in [2.45, 2.75) is 65.8 Å². The lowest BCUT2D eigenvalue weighted by Crippen LogP contribution is -2.43. The minimum Gasteiger partial charge on any atom is -0.481 e. The van der Waals surface area contributed by atoms with Crippen LogP contribution in [0.1, 0.15) is 59.8 Å². The first kappa shape index (κ1) is 26.0. The average Bonchev–Trinajstić information content (AvgIpc) is 3.44. The Labute approximate surface area is 183 Å². The van der Waals surface area contributed by atoms with Crippen LogP contribution in [0.5, 0.6) is 0 Å². The topological polar surface area (TPSA) is 104 Å². The van der Waals surface area contributed by atoms with Crippen molar-refractivity contribution in [3.05, 3.63) is 34.9 Å². The smallest absolute Gasteiger partial charge is 0.327 e. The molecule has 0 saturated heterocycles. The van der Waals surface area contributed by atoms with Crippen LogP contribution in [0.25, 0.3) is 0 Å². The summed E-state index contributed by atoms with van der Waals surface area (Å²) >= 11 is 1.44. The van der Waals surface area contributed by atoms with Crippen molar-refractivity contribution < 1.29 is 24.6 Å². The van der Waals surface area contributed by atoms with Gasteiger partial charge < -0.3 is 15.5 Å². The number of rotatable bonds is 14. The quantitative estimate of drug-likeness (QED) is 0.274. The second-order valence-corrected chi connectivity index (χ2v) is 9.26. The number of thioether (sulfide) groups is 1. The first-order chi connectivity index (χ1) is 14.1. The number of hydrogen-bond acceptors (Lipinski definition) is 4. The molecule has 1 amide bonds. The Balaban J connectivity index is 2.30. The molecule has 1 rings (SSSR count). The number of amides is 1. The molecule has 3 N–H and O–H groups in total. The van der Waals surface area contributed by atoms with Crippen LogP contribution < -0.4 is 5.32 Å². The van der Waals surface area contributed by atoms with E-state index in [1.165, 1.54) is 28.5 Å². The third-order valence-electron chi connectivity index (χ3n) is 5.02. The van der Waals surface area contributed by atoms with Crippen molar-refractivity contribution in [1.82, 2.24) is 5.32 Å². The zero-order chi connectivity index (χ0) is 22.7. The third-order valence-corrected chi connectivity index (χ3v) is 5.99. The lowest BCUT2D eigenvalue weighted by Gasteiger charge is -2.13. The Bertz CT molecular complexity index is 706. The maximum atomic E-state index is 12.0. The van der Waals surface area contributed by atoms with Gasteiger partial charge in [0.25, 0.3) is 0 Å². The molecule has 0 radical (unpaired) electrons. The van der Waals surface area contributed by atoms with Gasteiger partial charge in [-0.25, -0.2) is 4.79 Å². The Hall–Kier alpha value is -2.02. The Morgan fingerprint density at radius 3 is 2.10 bits per heavy atom. The minimum atomic E-state index is -1.10. The highest BCUT2D eigenvalue weighted by molar-refractivity contribution is 7.99. The van der Waals surface area contributed by atoms with Gasteiger partial charge >= 0.3 is 11.9 Å². The van der Waals surface area contributed by atoms with Crippen molar-refractivity contribution in [1.29, 1.82) is 0 Å². The first-order valence-corrected chi connectivity index (χ1v) is 11.6. The van der Waals surface area contributed by atoms with Crippen LogP contribution >= 0.6 is 11.8 Å². The fraction of sp³-hybridized carbons (Fsp3) is 0.609. The van der Waals surface area contributed by atoms with Gasteiger partial charge in [0.05, 0.1) is 11.8 Å². The van der Waals surface area contributed by atoms with Crippen LogP contribution in [0.4, 0.5) is 0 Å². The fourth-order valence-electron chi connectivity index (χ4n) is 2.94. The molecule has 0 heterocycles. The van der Waals surface area contributed by atoms with Crippen molar-refractivity contribution in [3.8, 4) is 0 Å². The predicted molar refractivity (Wildman–Crippen MR) is 122 cm³/mol. The summed E-state index contributed by atoms with van der Waals surface area (Å²) in [5.41, 5.74) is 4.00. The van der Waals surface area contributed by atoms with E-state index in [-0.39, 0.29) is 12.2 Å². The van der Waals surface area contributed by atoms with Crippen LogP contribution in [0, 0.1) is 11.8 Å². The second kappa shape index (κ2) is 13.3. The van der Waals surface area contributed by atoms with E-state index in [4.69, 9.17) is 5.11 Å². The number of aliphatic carboxylic acids is 2. The minimum absolute atomic E-state index is 0.249. The SMILES string of the molecule is CC(C)=CCCC(C)=CCCC(C)=CCSC[C@H](NC(=O)C1CC1C(=O)O)C(=O)O. The summed E-state index contributed by atoms with van der Waals surface area (Å²) in [6, 6.07) is -1.00. The Morgan fingerprint density at radius 2 is 1.57 bits per heavy atom. The Morgan fingerprint density at radius 1 is 0.967 bits per heavy atom. The lowest BCUT2D eigenvalue weighted by atomic mass is 10.1. The summed E-state index contributed by atoms with van der Waals surface area (Å²) in [6.45, 7) is 8.45. The van der Waals surface area contributed by atoms with Gasteiger partial charge in [0.15, 0.2) is 0 Å². The van der Waals surface area contributed by atoms with Crippen LogP contribution in [0.2, 0.25) is 0 Å². The van der Waals surface area contributed by atoms with Crippen LogP contribution in [-0.4, -0.2) is 45.6 Å². The van der Waals surface area contributed by atoms with Crippen molar-refractivity contribution >= 4 is 29.6 Å². The second-order valence-electron chi connectivity index (χ2n) is 8.18. The number of carboxylic acids is 2. The van der Waals surface area contributed by atoms with E-state index in [9.17, 15) is 19.5 Å². The predicted octanol–water partition coefficient (Wildman–Crippen LogP) is 4.43. The number of carbonyl (C=O) groups is 3. The zero-order valence-corrected chi connectivity index (χ0v) is 19.3. The average molecular weight is 438 g/mol. The number of carboxylic acid groups (broad SMARTS) is 2. The molecule has 0 aliphatic heterocycles. The monoisotopic (exact) mass is 437 g/mol. The van der Waals surface area contributed by atoms with E-state index in [0.717, 1.165) is 25.7 Å². The van der Waals surface area contributed by atoms with E-state index >= 15 is 0 Å². The van der Waals surface area contributed by atoms with Crippen LogP contribution in [-0.2, 0) is 14.4 Å². The highest BCUT2D eigenvalue weighted by Gasteiger charge is 2.48. The van der Waals surface area contributed by atoms with Gasteiger partial charge in [-0.1, -0.05) is 34.9 Å². The molecule has 0 bridgehead atoms. The standard InChI is InChI=1S/C23H35NO5S/c1-15(2)7-5-8-16(3)9-6-10-17(4)11-12-30-14-20(23(28)29)24-21(25)18-13-19(18)22(26)27/h7,9,11,18-20H,5-6,8,10,12-14H2,1-4H3,(H,24,25)(H,26,27)(H,28,29)/t18?,19?,20-/m0/s1. The molecule has 0 spiro atoms. The maximum absolute atomic E-state index is 12.0. The molecule has 0 aromatic carbocycles. The van der Waals surface area contributed by atoms with Gasteiger partial charge in [-0.2, -0.15) is 11.8 Å². The van der Waals surface area contributed by atoms with Crippen LogP contribution in [0.15, 0.2) is 34.9 Å². The molecule has 2 unspecified atom stereocenters.